The van der Waals surface area contributed by atoms with Crippen molar-refractivity contribution in [2.45, 2.75) is 251 Å². The van der Waals surface area contributed by atoms with Gasteiger partial charge in [0.1, 0.15) is 6.10 Å². The molecule has 0 saturated carbocycles. The summed E-state index contributed by atoms with van der Waals surface area (Å²) in [7, 11) is 0. The summed E-state index contributed by atoms with van der Waals surface area (Å²) in [4.78, 5) is 26.1. The minimum absolute atomic E-state index is 0.0559. The summed E-state index contributed by atoms with van der Waals surface area (Å²) in [5.41, 5.74) is 0. The van der Waals surface area contributed by atoms with Gasteiger partial charge in [0.05, 0.1) is 25.2 Å². The maximum atomic E-state index is 13.2. The fourth-order valence-corrected chi connectivity index (χ4v) is 7.46. The van der Waals surface area contributed by atoms with Gasteiger partial charge in [0.25, 0.3) is 0 Å². The summed E-state index contributed by atoms with van der Waals surface area (Å²) in [6.07, 6.45) is 67.8. The van der Waals surface area contributed by atoms with Gasteiger partial charge in [-0.1, -0.05) is 234 Å². The molecule has 0 fully saturated rings. The minimum Gasteiger partial charge on any atom is -0.458 e. The third kappa shape index (κ3) is 45.4. The van der Waals surface area contributed by atoms with Crippen molar-refractivity contribution in [2.24, 2.45) is 0 Å². The maximum Gasteiger partial charge on any atom is 0.306 e. The van der Waals surface area contributed by atoms with E-state index in [1.165, 1.54) is 89.9 Å². The molecule has 0 aliphatic rings. The molecule has 0 aliphatic carbocycles. The number of hydrogen-bond donors (Lipinski definition) is 3. The number of hydrogen-bond acceptors (Lipinski definition) is 5. The Labute approximate surface area is 395 Å². The highest BCUT2D eigenvalue weighted by atomic mass is 16.5. The lowest BCUT2D eigenvalue weighted by Crippen LogP contribution is -2.46. The molecule has 0 aromatic carbocycles. The van der Waals surface area contributed by atoms with Crippen LogP contribution in [0.1, 0.15) is 233 Å². The summed E-state index contributed by atoms with van der Waals surface area (Å²) in [6, 6.07) is -0.750. The van der Waals surface area contributed by atoms with Crippen molar-refractivity contribution in [1.29, 1.82) is 0 Å². The molecule has 0 heterocycles. The summed E-state index contributed by atoms with van der Waals surface area (Å²) in [5.74, 6) is -0.648. The number of aliphatic hydroxyl groups excluding tert-OH is 2. The Morgan fingerprint density at radius 3 is 1.33 bits per heavy atom. The minimum atomic E-state index is -0.826. The first-order valence-electron chi connectivity index (χ1n) is 26.5. The third-order valence-corrected chi connectivity index (χ3v) is 11.4. The van der Waals surface area contributed by atoms with Crippen molar-refractivity contribution in [1.82, 2.24) is 5.32 Å². The van der Waals surface area contributed by atoms with Gasteiger partial charge in [-0.2, -0.15) is 0 Å². The smallest absolute Gasteiger partial charge is 0.306 e. The predicted molar refractivity (Wildman–Crippen MR) is 277 cm³/mol. The molecule has 0 bridgehead atoms. The summed E-state index contributed by atoms with van der Waals surface area (Å²) < 4.78 is 5.82. The lowest BCUT2D eigenvalue weighted by molar-refractivity contribution is -0.148. The quantitative estimate of drug-likeness (QED) is 0.0321. The summed E-state index contributed by atoms with van der Waals surface area (Å²) in [5, 5.41) is 23.7. The molecule has 0 aromatic rings. The average molecular weight is 890 g/mol. The van der Waals surface area contributed by atoms with E-state index in [2.05, 4.69) is 111 Å². The van der Waals surface area contributed by atoms with Gasteiger partial charge < -0.3 is 20.3 Å². The molecule has 1 amide bonds. The Balaban J connectivity index is 4.72. The molecule has 3 unspecified atom stereocenters. The van der Waals surface area contributed by atoms with Gasteiger partial charge in [-0.15, -0.1) is 0 Å². The van der Waals surface area contributed by atoms with E-state index >= 15 is 0 Å². The molecule has 366 valence electrons. The number of unbranched alkanes of at least 4 members (excludes halogenated alkanes) is 20. The van der Waals surface area contributed by atoms with E-state index in [9.17, 15) is 19.8 Å². The lowest BCUT2D eigenvalue weighted by atomic mass is 10.0. The van der Waals surface area contributed by atoms with E-state index in [4.69, 9.17) is 4.74 Å². The molecule has 0 aliphatic heterocycles. The molecule has 0 rings (SSSR count). The van der Waals surface area contributed by atoms with Crippen LogP contribution in [0, 0.1) is 0 Å². The molecule has 3 N–H and O–H groups in total. The SMILES string of the molecule is CC/C=C/C/C=C/C/C=C/C/C=C/C/C=C/C(CC(=O)NC(CO)C(O)CCCCCCCCCCCCCCCCC)OC(=O)CCCCCCCC/C=C/C/C=C/C/C=C/CC. The van der Waals surface area contributed by atoms with E-state index in [0.29, 0.717) is 19.3 Å². The van der Waals surface area contributed by atoms with Crippen LogP contribution in [0.2, 0.25) is 0 Å². The first-order valence-corrected chi connectivity index (χ1v) is 26.5. The standard InChI is InChI=1S/C58H99NO5/c1-4-7-10-13-16-19-22-25-28-30-33-36-39-42-45-48-51-58(63)64-54(49-46-43-40-37-34-31-27-24-21-18-15-12-9-6-3)52-57(62)59-55(53-60)56(61)50-47-44-41-38-35-32-29-26-23-20-17-14-11-8-5-2/h7,9-10,12,16,18-19,21,25,27-28,31,37,40,46,49,54-56,60-61H,4-6,8,11,13-15,17,20,22-24,26,29-30,32-36,38-39,41-45,47-48,50-53H2,1-3H3,(H,59,62)/b10-7+,12-9+,19-16+,21-18+,28-25+,31-27+,40-37+,49-46+. The molecule has 6 heteroatoms. The van der Waals surface area contributed by atoms with Crippen molar-refractivity contribution in [2.75, 3.05) is 6.61 Å². The highest BCUT2D eigenvalue weighted by Crippen LogP contribution is 2.16. The number of rotatable bonds is 46. The third-order valence-electron chi connectivity index (χ3n) is 11.4. The molecular weight excluding hydrogens is 791 g/mol. The number of aliphatic hydroxyl groups is 2. The Morgan fingerprint density at radius 1 is 0.484 bits per heavy atom. The van der Waals surface area contributed by atoms with Gasteiger partial charge in [0.2, 0.25) is 5.91 Å². The predicted octanol–water partition coefficient (Wildman–Crippen LogP) is 16.1. The number of amides is 1. The van der Waals surface area contributed by atoms with Crippen LogP contribution in [0.25, 0.3) is 0 Å². The van der Waals surface area contributed by atoms with E-state index in [1.807, 2.05) is 6.08 Å². The van der Waals surface area contributed by atoms with Crippen LogP contribution in [-0.4, -0.2) is 46.9 Å². The topological polar surface area (TPSA) is 95.9 Å². The molecule has 0 radical (unpaired) electrons. The zero-order chi connectivity index (χ0) is 46.7. The van der Waals surface area contributed by atoms with E-state index in [1.54, 1.807) is 6.08 Å². The molecule has 64 heavy (non-hydrogen) atoms. The fraction of sp³-hybridized carbons (Fsp3) is 0.690. The molecule has 3 atom stereocenters. The van der Waals surface area contributed by atoms with Crippen LogP contribution < -0.4 is 5.32 Å². The van der Waals surface area contributed by atoms with Crippen molar-refractivity contribution in [3.05, 3.63) is 97.2 Å². The van der Waals surface area contributed by atoms with Crippen molar-refractivity contribution < 1.29 is 24.5 Å². The largest absolute Gasteiger partial charge is 0.458 e. The Hall–Kier alpha value is -3.22. The summed E-state index contributed by atoms with van der Waals surface area (Å²) >= 11 is 0. The van der Waals surface area contributed by atoms with Crippen LogP contribution in [0.4, 0.5) is 0 Å². The number of allylic oxidation sites excluding steroid dienone is 15. The highest BCUT2D eigenvalue weighted by Gasteiger charge is 2.23. The van der Waals surface area contributed by atoms with E-state index in [-0.39, 0.29) is 24.9 Å². The second-order valence-electron chi connectivity index (χ2n) is 17.5. The molecular formula is C58H99NO5. The molecule has 0 spiro atoms. The molecule has 0 aromatic heterocycles. The first-order chi connectivity index (χ1) is 31.5. The van der Waals surface area contributed by atoms with Crippen LogP contribution >= 0.6 is 0 Å². The molecule has 0 saturated heterocycles. The monoisotopic (exact) mass is 890 g/mol. The van der Waals surface area contributed by atoms with Crippen molar-refractivity contribution in [3.63, 3.8) is 0 Å². The zero-order valence-corrected chi connectivity index (χ0v) is 41.6. The maximum absolute atomic E-state index is 13.2. The van der Waals surface area contributed by atoms with Gasteiger partial charge >= 0.3 is 5.97 Å². The Morgan fingerprint density at radius 2 is 0.875 bits per heavy atom. The average Bonchev–Trinajstić information content (AvgIpc) is 3.29. The van der Waals surface area contributed by atoms with Gasteiger partial charge in [0.15, 0.2) is 0 Å². The van der Waals surface area contributed by atoms with Crippen LogP contribution in [-0.2, 0) is 14.3 Å². The van der Waals surface area contributed by atoms with Gasteiger partial charge in [-0.25, -0.2) is 0 Å². The lowest BCUT2D eigenvalue weighted by Gasteiger charge is -2.23. The number of ether oxygens (including phenoxy) is 1. The number of carbonyl (C=O) groups is 2. The zero-order valence-electron chi connectivity index (χ0n) is 41.6. The van der Waals surface area contributed by atoms with Crippen LogP contribution in [0.3, 0.4) is 0 Å². The first kappa shape index (κ1) is 60.8. The number of nitrogens with one attached hydrogen (secondary N) is 1. The van der Waals surface area contributed by atoms with Gasteiger partial charge in [-0.05, 0) is 83.1 Å². The van der Waals surface area contributed by atoms with Crippen molar-refractivity contribution >= 4 is 11.9 Å². The van der Waals surface area contributed by atoms with Crippen molar-refractivity contribution in [3.8, 4) is 0 Å². The van der Waals surface area contributed by atoms with Gasteiger partial charge in [0, 0.05) is 6.42 Å². The second kappa shape index (κ2) is 50.8. The second-order valence-corrected chi connectivity index (χ2v) is 17.5. The fourth-order valence-electron chi connectivity index (χ4n) is 7.46. The Bertz CT molecular complexity index is 1270. The highest BCUT2D eigenvalue weighted by molar-refractivity contribution is 5.78. The van der Waals surface area contributed by atoms with Crippen LogP contribution in [0.15, 0.2) is 97.2 Å². The number of esters is 1. The van der Waals surface area contributed by atoms with Gasteiger partial charge in [-0.3, -0.25) is 9.59 Å². The molecule has 6 nitrogen and oxygen atoms in total. The van der Waals surface area contributed by atoms with Crippen LogP contribution in [0.5, 0.6) is 0 Å². The van der Waals surface area contributed by atoms with E-state index < -0.39 is 18.2 Å². The number of carbonyl (C=O) groups excluding carboxylic acids is 2. The van der Waals surface area contributed by atoms with E-state index in [0.717, 1.165) is 96.3 Å². The Kier molecular flexibility index (Phi) is 48.2. The normalized spacial score (nSPS) is 14.0. The summed E-state index contributed by atoms with van der Waals surface area (Å²) in [6.45, 7) is 6.22.